The first-order chi connectivity index (χ1) is 32.7. The summed E-state index contributed by atoms with van der Waals surface area (Å²) in [5.74, 6) is -17.2. The number of alkyl halides is 2. The van der Waals surface area contributed by atoms with E-state index in [9.17, 15) is 62.1 Å². The van der Waals surface area contributed by atoms with Gasteiger partial charge in [0.2, 0.25) is 65.0 Å². The van der Waals surface area contributed by atoms with Crippen LogP contribution in [0.25, 0.3) is 0 Å². The number of phenolic OH excluding ortho intramolecular Hbond substituents is 1. The zero-order chi connectivity index (χ0) is 52.9. The number of carbonyl (C=O) groups excluding carboxylic acids is 11. The van der Waals surface area contributed by atoms with E-state index < -0.39 is 181 Å². The summed E-state index contributed by atoms with van der Waals surface area (Å²) in [5, 5.41) is 28.1. The van der Waals surface area contributed by atoms with Gasteiger partial charge in [-0.15, -0.1) is 0 Å². The van der Waals surface area contributed by atoms with Crippen molar-refractivity contribution in [1.82, 2.24) is 42.5 Å². The Morgan fingerprint density at radius 2 is 1.41 bits per heavy atom. The van der Waals surface area contributed by atoms with Crippen molar-refractivity contribution in [3.8, 4) is 5.75 Å². The Labute approximate surface area is 405 Å². The number of phenols is 1. The van der Waals surface area contributed by atoms with Gasteiger partial charge in [0.15, 0.2) is 0 Å². The van der Waals surface area contributed by atoms with E-state index in [2.05, 4.69) is 37.2 Å². The van der Waals surface area contributed by atoms with Gasteiger partial charge in [0.1, 0.15) is 42.0 Å². The summed E-state index contributed by atoms with van der Waals surface area (Å²) in [6.45, 7) is 4.57. The fraction of sp³-hybridized carbons (Fsp3) is 0.605. The number of aromatic hydroxyl groups is 1. The smallest absolute Gasteiger partial charge is 0.273 e. The fourth-order valence-electron chi connectivity index (χ4n) is 6.78. The van der Waals surface area contributed by atoms with Gasteiger partial charge in [0, 0.05) is 41.6 Å². The van der Waals surface area contributed by atoms with Crippen molar-refractivity contribution in [3.05, 3.63) is 29.8 Å². The lowest BCUT2D eigenvalue weighted by Gasteiger charge is -2.29. The number of amides is 11. The van der Waals surface area contributed by atoms with E-state index in [1.165, 1.54) is 24.3 Å². The van der Waals surface area contributed by atoms with Crippen molar-refractivity contribution < 1.29 is 70.8 Å². The van der Waals surface area contributed by atoms with Crippen LogP contribution in [0.2, 0.25) is 0 Å². The molecular formula is C43H65F2N11O13S. The second-order valence-electron chi connectivity index (χ2n) is 17.3. The van der Waals surface area contributed by atoms with Crippen LogP contribution in [0.3, 0.4) is 0 Å². The van der Waals surface area contributed by atoms with E-state index in [0.717, 1.165) is 0 Å². The van der Waals surface area contributed by atoms with Gasteiger partial charge in [0.05, 0.1) is 25.9 Å². The second kappa shape index (κ2) is 28.6. The average molecular weight is 1010 g/mol. The van der Waals surface area contributed by atoms with Crippen LogP contribution in [-0.2, 0) is 70.0 Å². The van der Waals surface area contributed by atoms with Gasteiger partial charge < -0.3 is 64.8 Å². The number of rotatable bonds is 20. The summed E-state index contributed by atoms with van der Waals surface area (Å²) in [5.41, 5.74) is 16.2. The first kappa shape index (κ1) is 59.3. The highest BCUT2D eigenvalue weighted by Crippen LogP contribution is 2.19. The Morgan fingerprint density at radius 3 is 2.00 bits per heavy atom. The Kier molecular flexibility index (Phi) is 24.3. The van der Waals surface area contributed by atoms with Gasteiger partial charge in [-0.05, 0) is 48.8 Å². The molecule has 0 aromatic heterocycles. The summed E-state index contributed by atoms with van der Waals surface area (Å²) in [4.78, 5) is 143. The minimum atomic E-state index is -3.99. The van der Waals surface area contributed by atoms with Crippen LogP contribution in [0.4, 0.5) is 8.78 Å². The standard InChI is InChI=1S/C43H65F2N11O13S/c1-5-23(4)36-42(68)54-26(10-11-31(46)58)39(65)55-30(18-32(47)59)40(66)53-27(12-14-70(69)15-13-34(61)51-29(41(67)56-36)17-24-6-8-25(57)9-7-24)37(63)50-21-43(44,45)19-35(62)52-28(16-22(2)3)38(64)49-20-33(48)60/h6-9,22-23,26-30,36,57H,5,10-21H2,1-4H3,(H2,46,58)(H2,47,59)(H2,48,60)(H,49,64)(H,50,63)(H,51,61)(H,52,62)(H,53,66)(H,54,68)(H,55,65)(H,56,67)/t23-,26-,27-,28-,29+,30-,36-,70?/m0/s1. The number of primary amides is 3. The van der Waals surface area contributed by atoms with Gasteiger partial charge in [-0.25, -0.2) is 8.78 Å². The molecule has 1 aliphatic heterocycles. The molecule has 1 aromatic rings. The summed E-state index contributed by atoms with van der Waals surface area (Å²) in [6, 6.07) is -3.84. The molecule has 1 fully saturated rings. The third kappa shape index (κ3) is 22.1. The quantitative estimate of drug-likeness (QED) is 0.0601. The summed E-state index contributed by atoms with van der Waals surface area (Å²) in [7, 11) is -1.97. The SMILES string of the molecule is CC[C@H](C)[C@@H]1NC(=O)[C@@H](Cc2ccc(O)cc2)NC(=O)CCS(=O)CC[C@@H](C(=O)NCC(F)(F)CC(=O)N[C@@H](CC(C)C)C(=O)NCC(N)=O)NC(=O)[C@H](CC(N)=O)NC(=O)[C@H](CCC(N)=O)NC1=O. The van der Waals surface area contributed by atoms with Gasteiger partial charge >= 0.3 is 0 Å². The van der Waals surface area contributed by atoms with Crippen molar-refractivity contribution in [2.24, 2.45) is 29.0 Å². The maximum atomic E-state index is 15.3. The van der Waals surface area contributed by atoms with E-state index in [0.29, 0.717) is 12.0 Å². The maximum Gasteiger partial charge on any atom is 0.273 e. The summed E-state index contributed by atoms with van der Waals surface area (Å²) >= 11 is 0. The van der Waals surface area contributed by atoms with Crippen molar-refractivity contribution >= 4 is 75.8 Å². The lowest BCUT2D eigenvalue weighted by atomic mass is 9.96. The molecule has 2 rings (SSSR count). The summed E-state index contributed by atoms with van der Waals surface area (Å²) in [6.07, 6.45) is -4.35. The van der Waals surface area contributed by atoms with Crippen molar-refractivity contribution in [3.63, 3.8) is 0 Å². The Bertz CT molecular complexity index is 2100. The third-order valence-corrected chi connectivity index (χ3v) is 12.1. The molecule has 1 aliphatic rings. The second-order valence-corrected chi connectivity index (χ2v) is 19.0. The zero-order valence-electron chi connectivity index (χ0n) is 39.4. The molecule has 8 atom stereocenters. The minimum absolute atomic E-state index is 0.0106. The molecule has 27 heteroatoms. The highest BCUT2D eigenvalue weighted by atomic mass is 32.2. The number of nitrogens with one attached hydrogen (secondary N) is 8. The van der Waals surface area contributed by atoms with Crippen molar-refractivity contribution in [2.75, 3.05) is 24.6 Å². The molecule has 390 valence electrons. The van der Waals surface area contributed by atoms with Crippen LogP contribution in [0.15, 0.2) is 24.3 Å². The number of halogens is 2. The largest absolute Gasteiger partial charge is 0.508 e. The lowest BCUT2D eigenvalue weighted by molar-refractivity contribution is -0.137. The number of nitrogens with two attached hydrogens (primary N) is 3. The number of hydrogen-bond acceptors (Lipinski definition) is 13. The normalized spacial score (nSPS) is 22.1. The van der Waals surface area contributed by atoms with Crippen molar-refractivity contribution in [2.45, 2.75) is 128 Å². The Balaban J connectivity index is 2.52. The van der Waals surface area contributed by atoms with Crippen LogP contribution in [-0.4, -0.2) is 141 Å². The molecule has 0 spiro atoms. The predicted molar refractivity (Wildman–Crippen MR) is 246 cm³/mol. The molecular weight excluding hydrogens is 949 g/mol. The van der Waals surface area contributed by atoms with Crippen LogP contribution in [0.5, 0.6) is 5.75 Å². The Hall–Kier alpha value is -6.80. The monoisotopic (exact) mass is 1010 g/mol. The average Bonchev–Trinajstić information content (AvgIpc) is 3.27. The van der Waals surface area contributed by atoms with Crippen LogP contribution in [0.1, 0.15) is 84.6 Å². The summed E-state index contributed by atoms with van der Waals surface area (Å²) < 4.78 is 43.9. The fourth-order valence-corrected chi connectivity index (χ4v) is 7.90. The van der Waals surface area contributed by atoms with Gasteiger partial charge in [-0.3, -0.25) is 56.9 Å². The molecule has 0 radical (unpaired) electrons. The molecule has 1 unspecified atom stereocenters. The topological polar surface area (TPSA) is 399 Å². The molecule has 70 heavy (non-hydrogen) atoms. The predicted octanol–water partition coefficient (Wildman–Crippen LogP) is -3.64. The van der Waals surface area contributed by atoms with E-state index in [1.54, 1.807) is 27.7 Å². The van der Waals surface area contributed by atoms with Gasteiger partial charge in [-0.2, -0.15) is 0 Å². The molecule has 11 amide bonds. The first-order valence-corrected chi connectivity index (χ1v) is 23.9. The molecule has 0 aliphatic carbocycles. The molecule has 0 saturated carbocycles. The molecule has 1 saturated heterocycles. The van der Waals surface area contributed by atoms with E-state index >= 15 is 8.78 Å². The molecule has 1 aromatic carbocycles. The molecule has 24 nitrogen and oxygen atoms in total. The molecule has 1 heterocycles. The van der Waals surface area contributed by atoms with E-state index in [1.807, 2.05) is 5.32 Å². The first-order valence-electron chi connectivity index (χ1n) is 22.4. The van der Waals surface area contributed by atoms with Gasteiger partial charge in [0.25, 0.3) is 5.92 Å². The minimum Gasteiger partial charge on any atom is -0.508 e. The highest BCUT2D eigenvalue weighted by Gasteiger charge is 2.38. The zero-order valence-corrected chi connectivity index (χ0v) is 40.2. The third-order valence-electron chi connectivity index (χ3n) is 10.7. The lowest BCUT2D eigenvalue weighted by Crippen LogP contribution is -2.61. The van der Waals surface area contributed by atoms with Crippen LogP contribution in [0, 0.1) is 11.8 Å². The molecule has 0 bridgehead atoms. The maximum absolute atomic E-state index is 15.3. The van der Waals surface area contributed by atoms with Crippen LogP contribution < -0.4 is 59.7 Å². The van der Waals surface area contributed by atoms with E-state index in [-0.39, 0.29) is 30.3 Å². The molecule has 15 N–H and O–H groups in total. The van der Waals surface area contributed by atoms with Gasteiger partial charge in [-0.1, -0.05) is 46.2 Å². The highest BCUT2D eigenvalue weighted by molar-refractivity contribution is 7.85. The Morgan fingerprint density at radius 1 is 0.800 bits per heavy atom. The number of carbonyl (C=O) groups is 11. The van der Waals surface area contributed by atoms with Crippen LogP contribution >= 0.6 is 0 Å². The van der Waals surface area contributed by atoms with E-state index in [4.69, 9.17) is 17.2 Å². The van der Waals surface area contributed by atoms with Crippen molar-refractivity contribution in [1.29, 1.82) is 0 Å². The number of hydrogen-bond donors (Lipinski definition) is 12. The number of benzene rings is 1.